The molecule has 0 fully saturated rings. The number of nitrogens with zero attached hydrogens (tertiary/aromatic N) is 3. The number of aromatic nitrogens is 3. The number of carbonyl (C=O) groups excluding carboxylic acids is 1. The maximum Gasteiger partial charge on any atom is 0.230 e. The van der Waals surface area contributed by atoms with Crippen LogP contribution in [-0.2, 0) is 11.3 Å². The zero-order chi connectivity index (χ0) is 17.8. The van der Waals surface area contributed by atoms with Crippen LogP contribution >= 0.6 is 35.0 Å². The van der Waals surface area contributed by atoms with E-state index in [1.54, 1.807) is 23.8 Å². The van der Waals surface area contributed by atoms with E-state index < -0.39 is 0 Å². The second-order valence-electron chi connectivity index (χ2n) is 5.10. The molecule has 2 heterocycles. The van der Waals surface area contributed by atoms with Crippen LogP contribution in [0.25, 0.3) is 5.65 Å². The van der Waals surface area contributed by atoms with Gasteiger partial charge in [-0.15, -0.1) is 10.2 Å². The molecule has 0 saturated carbocycles. The highest BCUT2D eigenvalue weighted by Crippen LogP contribution is 2.25. The smallest absolute Gasteiger partial charge is 0.230 e. The molecule has 1 amide bonds. The molecule has 0 radical (unpaired) electrons. The third-order valence-electron chi connectivity index (χ3n) is 3.35. The molecule has 0 aliphatic rings. The standard InChI is InChI=1S/C16H14Cl2N4O2S/c1-24-12-4-2-3-10(5-12)7-19-14(23)9-25-16-21-20-15-13(18)6-11(17)8-22(15)16/h2-6,8H,7,9H2,1H3,(H,19,23). The van der Waals surface area contributed by atoms with E-state index >= 15 is 0 Å². The molecule has 0 spiro atoms. The zero-order valence-electron chi connectivity index (χ0n) is 13.2. The van der Waals surface area contributed by atoms with E-state index in [0.29, 0.717) is 27.4 Å². The van der Waals surface area contributed by atoms with Crippen molar-refractivity contribution in [2.75, 3.05) is 12.9 Å². The predicted molar refractivity (Wildman–Crippen MR) is 98.6 cm³/mol. The van der Waals surface area contributed by atoms with E-state index in [0.717, 1.165) is 11.3 Å². The summed E-state index contributed by atoms with van der Waals surface area (Å²) in [5.74, 6) is 0.844. The molecule has 25 heavy (non-hydrogen) atoms. The Kier molecular flexibility index (Phi) is 5.67. The maximum absolute atomic E-state index is 12.1. The van der Waals surface area contributed by atoms with Crippen LogP contribution in [0.15, 0.2) is 41.7 Å². The van der Waals surface area contributed by atoms with Gasteiger partial charge < -0.3 is 10.1 Å². The predicted octanol–water partition coefficient (Wildman–Crippen LogP) is 3.45. The van der Waals surface area contributed by atoms with Crippen molar-refractivity contribution in [3.05, 3.63) is 52.1 Å². The SMILES string of the molecule is COc1cccc(CNC(=O)CSc2nnc3c(Cl)cc(Cl)cn23)c1. The van der Waals surface area contributed by atoms with Gasteiger partial charge in [-0.2, -0.15) is 0 Å². The lowest BCUT2D eigenvalue weighted by atomic mass is 10.2. The molecular weight excluding hydrogens is 383 g/mol. The number of fused-ring (bicyclic) bond motifs is 1. The lowest BCUT2D eigenvalue weighted by molar-refractivity contribution is -0.118. The average Bonchev–Trinajstić information content (AvgIpc) is 3.01. The van der Waals surface area contributed by atoms with Crippen LogP contribution < -0.4 is 10.1 Å². The molecule has 130 valence electrons. The second kappa shape index (κ2) is 7.95. The van der Waals surface area contributed by atoms with Crippen LogP contribution in [0.3, 0.4) is 0 Å². The topological polar surface area (TPSA) is 68.5 Å². The van der Waals surface area contributed by atoms with E-state index in [-0.39, 0.29) is 11.7 Å². The number of halogens is 2. The number of carbonyl (C=O) groups is 1. The number of hydrogen-bond acceptors (Lipinski definition) is 5. The number of rotatable bonds is 6. The fourth-order valence-corrected chi connectivity index (χ4v) is 3.41. The molecule has 0 bridgehead atoms. The van der Waals surface area contributed by atoms with E-state index in [2.05, 4.69) is 15.5 Å². The lowest BCUT2D eigenvalue weighted by Crippen LogP contribution is -2.24. The Morgan fingerprint density at radius 1 is 1.32 bits per heavy atom. The van der Waals surface area contributed by atoms with E-state index in [4.69, 9.17) is 27.9 Å². The van der Waals surface area contributed by atoms with E-state index in [1.807, 2.05) is 24.3 Å². The monoisotopic (exact) mass is 396 g/mol. The number of thioether (sulfide) groups is 1. The zero-order valence-corrected chi connectivity index (χ0v) is 15.5. The summed E-state index contributed by atoms with van der Waals surface area (Å²) in [6.45, 7) is 0.425. The Morgan fingerprint density at radius 2 is 2.16 bits per heavy atom. The van der Waals surface area contributed by atoms with Gasteiger partial charge in [-0.25, -0.2) is 0 Å². The molecule has 1 aromatic carbocycles. The normalized spacial score (nSPS) is 10.8. The van der Waals surface area contributed by atoms with Crippen molar-refractivity contribution >= 4 is 46.5 Å². The van der Waals surface area contributed by atoms with Crippen LogP contribution in [0.1, 0.15) is 5.56 Å². The third kappa shape index (κ3) is 4.36. The minimum atomic E-state index is -0.113. The van der Waals surface area contributed by atoms with Crippen molar-refractivity contribution in [3.8, 4) is 5.75 Å². The van der Waals surface area contributed by atoms with Gasteiger partial charge in [0.05, 0.1) is 22.9 Å². The number of hydrogen-bond donors (Lipinski definition) is 1. The fourth-order valence-electron chi connectivity index (χ4n) is 2.17. The van der Waals surface area contributed by atoms with Crippen molar-refractivity contribution in [2.45, 2.75) is 11.7 Å². The summed E-state index contributed by atoms with van der Waals surface area (Å²) in [7, 11) is 1.61. The van der Waals surface area contributed by atoms with Gasteiger partial charge in [0, 0.05) is 12.7 Å². The Labute approximate surface area is 158 Å². The lowest BCUT2D eigenvalue weighted by Gasteiger charge is -2.06. The van der Waals surface area contributed by atoms with Crippen molar-refractivity contribution in [2.24, 2.45) is 0 Å². The maximum atomic E-state index is 12.1. The second-order valence-corrected chi connectivity index (χ2v) is 6.89. The Morgan fingerprint density at radius 3 is 2.96 bits per heavy atom. The molecule has 0 saturated heterocycles. The highest BCUT2D eigenvalue weighted by molar-refractivity contribution is 7.99. The van der Waals surface area contributed by atoms with Crippen molar-refractivity contribution in [1.29, 1.82) is 0 Å². The highest BCUT2D eigenvalue weighted by atomic mass is 35.5. The van der Waals surface area contributed by atoms with Gasteiger partial charge in [-0.3, -0.25) is 9.20 Å². The number of ether oxygens (including phenoxy) is 1. The van der Waals surface area contributed by atoms with Gasteiger partial charge in [0.25, 0.3) is 0 Å². The van der Waals surface area contributed by atoms with Crippen LogP contribution in [-0.4, -0.2) is 33.4 Å². The number of methoxy groups -OCH3 is 1. The molecule has 6 nitrogen and oxygen atoms in total. The molecule has 3 rings (SSSR count). The fraction of sp³-hybridized carbons (Fsp3) is 0.188. The highest BCUT2D eigenvalue weighted by Gasteiger charge is 2.12. The minimum absolute atomic E-state index is 0.113. The van der Waals surface area contributed by atoms with Crippen LogP contribution in [0.5, 0.6) is 5.75 Å². The summed E-state index contributed by atoms with van der Waals surface area (Å²) in [5.41, 5.74) is 1.47. The van der Waals surface area contributed by atoms with Crippen molar-refractivity contribution < 1.29 is 9.53 Å². The molecule has 3 aromatic rings. The van der Waals surface area contributed by atoms with Gasteiger partial charge in [0.2, 0.25) is 5.91 Å². The Bertz CT molecular complexity index is 916. The first kappa shape index (κ1) is 17.8. The minimum Gasteiger partial charge on any atom is -0.497 e. The summed E-state index contributed by atoms with van der Waals surface area (Å²) in [6, 6.07) is 9.14. The summed E-state index contributed by atoms with van der Waals surface area (Å²) >= 11 is 13.3. The van der Waals surface area contributed by atoms with E-state index in [1.165, 1.54) is 11.8 Å². The van der Waals surface area contributed by atoms with Crippen molar-refractivity contribution in [3.63, 3.8) is 0 Å². The first-order chi connectivity index (χ1) is 12.1. The summed E-state index contributed by atoms with van der Waals surface area (Å²) in [6.07, 6.45) is 1.67. The number of amides is 1. The van der Waals surface area contributed by atoms with Gasteiger partial charge >= 0.3 is 0 Å². The van der Waals surface area contributed by atoms with Crippen molar-refractivity contribution in [1.82, 2.24) is 19.9 Å². The number of nitrogens with one attached hydrogen (secondary N) is 1. The van der Waals surface area contributed by atoms with Gasteiger partial charge in [-0.1, -0.05) is 47.1 Å². The van der Waals surface area contributed by atoms with Crippen LogP contribution in [0, 0.1) is 0 Å². The Balaban J connectivity index is 1.59. The molecule has 2 aromatic heterocycles. The molecule has 0 atom stereocenters. The molecule has 0 aliphatic heterocycles. The van der Waals surface area contributed by atoms with Gasteiger partial charge in [0.1, 0.15) is 5.75 Å². The first-order valence-corrected chi connectivity index (χ1v) is 9.03. The molecule has 9 heteroatoms. The van der Waals surface area contributed by atoms with E-state index in [9.17, 15) is 4.79 Å². The molecule has 0 aliphatic carbocycles. The Hall–Kier alpha value is -1.96. The first-order valence-electron chi connectivity index (χ1n) is 7.29. The van der Waals surface area contributed by atoms with Crippen LogP contribution in [0.2, 0.25) is 10.0 Å². The molecule has 0 unspecified atom stereocenters. The van der Waals surface area contributed by atoms with Crippen LogP contribution in [0.4, 0.5) is 0 Å². The molecule has 1 N–H and O–H groups in total. The largest absolute Gasteiger partial charge is 0.497 e. The third-order valence-corrected chi connectivity index (χ3v) is 4.78. The number of pyridine rings is 1. The summed E-state index contributed by atoms with van der Waals surface area (Å²) in [4.78, 5) is 12.1. The van der Waals surface area contributed by atoms with Gasteiger partial charge in [0.15, 0.2) is 10.8 Å². The molecular formula is C16H14Cl2N4O2S. The summed E-state index contributed by atoms with van der Waals surface area (Å²) in [5, 5.41) is 12.3. The number of benzene rings is 1. The average molecular weight is 397 g/mol. The summed E-state index contributed by atoms with van der Waals surface area (Å²) < 4.78 is 6.83. The van der Waals surface area contributed by atoms with Gasteiger partial charge in [-0.05, 0) is 23.8 Å². The quantitative estimate of drug-likeness (QED) is 0.646.